The highest BCUT2D eigenvalue weighted by atomic mass is 19.1. The van der Waals surface area contributed by atoms with Gasteiger partial charge in [0, 0.05) is 24.0 Å². The van der Waals surface area contributed by atoms with E-state index in [1.54, 1.807) is 24.3 Å². The molecule has 0 saturated carbocycles. The number of nitrogens with two attached hydrogens (primary N) is 1. The summed E-state index contributed by atoms with van der Waals surface area (Å²) in [5.41, 5.74) is 6.86. The number of oxime groups is 1. The minimum atomic E-state index is -0.278. The van der Waals surface area contributed by atoms with Gasteiger partial charge in [-0.1, -0.05) is 5.16 Å². The standard InChI is InChI=1S/C14H15FN4O/c1-2-19(12-6-4-11(15)5-7-12)13-8-3-10(9-17-13)14(16)18-20/h3-9,20H,2H2,1H3,(H2,16,18). The van der Waals surface area contributed by atoms with Crippen molar-refractivity contribution in [3.8, 4) is 0 Å². The van der Waals surface area contributed by atoms with Crippen LogP contribution in [0.2, 0.25) is 0 Å². The molecule has 0 aliphatic rings. The highest BCUT2D eigenvalue weighted by Crippen LogP contribution is 2.23. The Morgan fingerprint density at radius 3 is 2.50 bits per heavy atom. The molecule has 0 aliphatic carbocycles. The van der Waals surface area contributed by atoms with E-state index in [1.165, 1.54) is 18.3 Å². The lowest BCUT2D eigenvalue weighted by Crippen LogP contribution is -2.18. The summed E-state index contributed by atoms with van der Waals surface area (Å²) in [6.45, 7) is 2.66. The number of benzene rings is 1. The molecule has 1 aromatic carbocycles. The third-order valence-electron chi connectivity index (χ3n) is 2.88. The third-order valence-corrected chi connectivity index (χ3v) is 2.88. The van der Waals surface area contributed by atoms with Gasteiger partial charge in [-0.3, -0.25) is 0 Å². The zero-order chi connectivity index (χ0) is 14.5. The van der Waals surface area contributed by atoms with Gasteiger partial charge in [0.05, 0.1) is 0 Å². The number of hydrogen-bond donors (Lipinski definition) is 2. The van der Waals surface area contributed by atoms with Crippen LogP contribution >= 0.6 is 0 Å². The molecular weight excluding hydrogens is 259 g/mol. The molecule has 2 aromatic rings. The quantitative estimate of drug-likeness (QED) is 0.389. The molecule has 0 amide bonds. The second-order valence-corrected chi connectivity index (χ2v) is 4.11. The molecule has 5 nitrogen and oxygen atoms in total. The normalized spacial score (nSPS) is 11.4. The van der Waals surface area contributed by atoms with Gasteiger partial charge in [-0.25, -0.2) is 9.37 Å². The van der Waals surface area contributed by atoms with E-state index in [-0.39, 0.29) is 11.7 Å². The second kappa shape index (κ2) is 6.01. The van der Waals surface area contributed by atoms with E-state index in [0.717, 1.165) is 5.69 Å². The highest BCUT2D eigenvalue weighted by molar-refractivity contribution is 5.96. The van der Waals surface area contributed by atoms with Crippen molar-refractivity contribution in [2.45, 2.75) is 6.92 Å². The van der Waals surface area contributed by atoms with Gasteiger partial charge in [0.1, 0.15) is 11.6 Å². The monoisotopic (exact) mass is 274 g/mol. The third kappa shape index (κ3) is 2.85. The maximum Gasteiger partial charge on any atom is 0.171 e. The van der Waals surface area contributed by atoms with Crippen LogP contribution in [0.3, 0.4) is 0 Å². The van der Waals surface area contributed by atoms with Crippen LogP contribution in [-0.4, -0.2) is 22.6 Å². The van der Waals surface area contributed by atoms with Crippen LogP contribution < -0.4 is 10.6 Å². The van der Waals surface area contributed by atoms with Gasteiger partial charge in [0.2, 0.25) is 0 Å². The van der Waals surface area contributed by atoms with Gasteiger partial charge in [-0.2, -0.15) is 0 Å². The number of rotatable bonds is 4. The van der Waals surface area contributed by atoms with Crippen molar-refractivity contribution in [2.75, 3.05) is 11.4 Å². The molecule has 2 rings (SSSR count). The molecule has 0 radical (unpaired) electrons. The molecule has 1 aromatic heterocycles. The topological polar surface area (TPSA) is 74.7 Å². The number of nitrogens with zero attached hydrogens (tertiary/aromatic N) is 3. The molecule has 20 heavy (non-hydrogen) atoms. The van der Waals surface area contributed by atoms with Crippen molar-refractivity contribution in [1.29, 1.82) is 0 Å². The average molecular weight is 274 g/mol. The fraction of sp³-hybridized carbons (Fsp3) is 0.143. The number of anilines is 2. The molecule has 0 atom stereocenters. The van der Waals surface area contributed by atoms with Crippen molar-refractivity contribution in [1.82, 2.24) is 4.98 Å². The van der Waals surface area contributed by atoms with Crippen LogP contribution in [0.4, 0.5) is 15.9 Å². The molecule has 0 spiro atoms. The van der Waals surface area contributed by atoms with Crippen molar-refractivity contribution >= 4 is 17.3 Å². The van der Waals surface area contributed by atoms with Gasteiger partial charge in [0.15, 0.2) is 5.84 Å². The van der Waals surface area contributed by atoms with Crippen molar-refractivity contribution < 1.29 is 9.60 Å². The van der Waals surface area contributed by atoms with Gasteiger partial charge < -0.3 is 15.8 Å². The number of pyridine rings is 1. The molecule has 104 valence electrons. The Kier molecular flexibility index (Phi) is 4.14. The van der Waals surface area contributed by atoms with E-state index < -0.39 is 0 Å². The van der Waals surface area contributed by atoms with Gasteiger partial charge in [0.25, 0.3) is 0 Å². The number of amidine groups is 1. The first-order valence-electron chi connectivity index (χ1n) is 6.12. The summed E-state index contributed by atoms with van der Waals surface area (Å²) < 4.78 is 13.0. The Labute approximate surface area is 116 Å². The summed E-state index contributed by atoms with van der Waals surface area (Å²) in [6.07, 6.45) is 1.52. The molecule has 0 bridgehead atoms. The Hall–Kier alpha value is -2.63. The molecule has 0 saturated heterocycles. The molecule has 0 aliphatic heterocycles. The van der Waals surface area contributed by atoms with Crippen molar-refractivity contribution in [2.24, 2.45) is 10.9 Å². The van der Waals surface area contributed by atoms with E-state index in [2.05, 4.69) is 10.1 Å². The van der Waals surface area contributed by atoms with Crippen molar-refractivity contribution in [3.63, 3.8) is 0 Å². The Balaban J connectivity index is 2.30. The predicted molar refractivity (Wildman–Crippen MR) is 75.8 cm³/mol. The first kappa shape index (κ1) is 13.8. The highest BCUT2D eigenvalue weighted by Gasteiger charge is 2.09. The SMILES string of the molecule is CCN(c1ccc(F)cc1)c1ccc(C(N)=NO)cn1. The van der Waals surface area contributed by atoms with Crippen molar-refractivity contribution in [3.05, 3.63) is 54.0 Å². The van der Waals surface area contributed by atoms with Crippen LogP contribution in [0.25, 0.3) is 0 Å². The molecule has 3 N–H and O–H groups in total. The number of halogens is 1. The molecule has 6 heteroatoms. The largest absolute Gasteiger partial charge is 0.409 e. The summed E-state index contributed by atoms with van der Waals surface area (Å²) >= 11 is 0. The second-order valence-electron chi connectivity index (χ2n) is 4.11. The summed E-state index contributed by atoms with van der Waals surface area (Å²) in [7, 11) is 0. The van der Waals surface area contributed by atoms with Gasteiger partial charge >= 0.3 is 0 Å². The van der Waals surface area contributed by atoms with E-state index >= 15 is 0 Å². The minimum Gasteiger partial charge on any atom is -0.409 e. The zero-order valence-corrected chi connectivity index (χ0v) is 11.0. The van der Waals surface area contributed by atoms with Crippen LogP contribution in [0.15, 0.2) is 47.8 Å². The Bertz CT molecular complexity index is 596. The molecule has 0 unspecified atom stereocenters. The predicted octanol–water partition coefficient (Wildman–Crippen LogP) is 2.47. The number of aromatic nitrogens is 1. The summed E-state index contributed by atoms with van der Waals surface area (Å²) in [6, 6.07) is 9.67. The van der Waals surface area contributed by atoms with Crippen LogP contribution in [0.5, 0.6) is 0 Å². The maximum atomic E-state index is 13.0. The van der Waals surface area contributed by atoms with Gasteiger partial charge in [-0.15, -0.1) is 0 Å². The fourth-order valence-electron chi connectivity index (χ4n) is 1.85. The summed E-state index contributed by atoms with van der Waals surface area (Å²) in [5.74, 6) is 0.433. The minimum absolute atomic E-state index is 0.00822. The van der Waals surface area contributed by atoms with E-state index in [0.29, 0.717) is 17.9 Å². The lowest BCUT2D eigenvalue weighted by atomic mass is 10.2. The summed E-state index contributed by atoms with van der Waals surface area (Å²) in [5, 5.41) is 11.5. The first-order chi connectivity index (χ1) is 9.65. The fourth-order valence-corrected chi connectivity index (χ4v) is 1.85. The Morgan fingerprint density at radius 1 is 1.30 bits per heavy atom. The number of hydrogen-bond acceptors (Lipinski definition) is 4. The van der Waals surface area contributed by atoms with Crippen LogP contribution in [-0.2, 0) is 0 Å². The van der Waals surface area contributed by atoms with Crippen LogP contribution in [0.1, 0.15) is 12.5 Å². The summed E-state index contributed by atoms with van der Waals surface area (Å²) in [4.78, 5) is 6.20. The molecule has 1 heterocycles. The van der Waals surface area contributed by atoms with E-state index in [9.17, 15) is 4.39 Å². The lowest BCUT2D eigenvalue weighted by molar-refractivity contribution is 0.318. The van der Waals surface area contributed by atoms with Gasteiger partial charge in [-0.05, 0) is 43.3 Å². The molecule has 0 fully saturated rings. The zero-order valence-electron chi connectivity index (χ0n) is 11.0. The maximum absolute atomic E-state index is 13.0. The smallest absolute Gasteiger partial charge is 0.171 e. The van der Waals surface area contributed by atoms with Crippen LogP contribution in [0, 0.1) is 5.82 Å². The Morgan fingerprint density at radius 2 is 2.00 bits per heavy atom. The van der Waals surface area contributed by atoms with E-state index in [4.69, 9.17) is 10.9 Å². The lowest BCUT2D eigenvalue weighted by Gasteiger charge is -2.22. The molecular formula is C14H15FN4O. The average Bonchev–Trinajstić information content (AvgIpc) is 2.50. The van der Waals surface area contributed by atoms with E-state index in [1.807, 2.05) is 11.8 Å². The first-order valence-corrected chi connectivity index (χ1v) is 6.12.